The topological polar surface area (TPSA) is 108 Å². The Hall–Kier alpha value is -3.21. The molecule has 29 heavy (non-hydrogen) atoms. The number of carbonyl (C=O) groups is 2. The molecule has 0 aliphatic rings. The number of carbonyl (C=O) groups excluding carboxylic acids is 2. The molecule has 2 aromatic carbocycles. The third-order valence-corrected chi connectivity index (χ3v) is 4.33. The van der Waals surface area contributed by atoms with Gasteiger partial charge < -0.3 is 14.8 Å². The molecule has 11 heteroatoms. The van der Waals surface area contributed by atoms with Gasteiger partial charge in [0.05, 0.1) is 17.6 Å². The molecule has 0 aromatic heterocycles. The molecule has 1 N–H and O–H groups in total. The van der Waals surface area contributed by atoms with Crippen LogP contribution in [0.1, 0.15) is 17.3 Å². The lowest BCUT2D eigenvalue weighted by atomic mass is 10.2. The molecule has 0 heterocycles. The standard InChI is InChI=1S/C18H16F2N2O6S/c1-10(16(23)21-12-4-6-13(7-5-12)29-18(19)20)28-17(24)11-3-8-15(27-2)14(9-11)22(25)26/h3-10,18H,1-2H3,(H,21,23)/t10-/m1/s1. The van der Waals surface area contributed by atoms with Crippen LogP contribution in [0.25, 0.3) is 0 Å². The van der Waals surface area contributed by atoms with E-state index in [-0.39, 0.29) is 11.3 Å². The summed E-state index contributed by atoms with van der Waals surface area (Å²) in [5.41, 5.74) is -0.206. The largest absolute Gasteiger partial charge is 0.490 e. The molecular formula is C18H16F2N2O6S. The van der Waals surface area contributed by atoms with Crippen LogP contribution in [0.3, 0.4) is 0 Å². The second-order valence-electron chi connectivity index (χ2n) is 5.58. The predicted octanol–water partition coefficient (Wildman–Crippen LogP) is 4.10. The fourth-order valence-electron chi connectivity index (χ4n) is 2.21. The quantitative estimate of drug-likeness (QED) is 0.293. The number of thioether (sulfide) groups is 1. The van der Waals surface area contributed by atoms with Gasteiger partial charge in [0.25, 0.3) is 11.7 Å². The molecular weight excluding hydrogens is 410 g/mol. The first-order chi connectivity index (χ1) is 13.7. The predicted molar refractivity (Wildman–Crippen MR) is 101 cm³/mol. The Morgan fingerprint density at radius 2 is 1.83 bits per heavy atom. The normalized spacial score (nSPS) is 11.6. The van der Waals surface area contributed by atoms with E-state index in [1.807, 2.05) is 0 Å². The fourth-order valence-corrected chi connectivity index (χ4v) is 2.70. The zero-order valence-corrected chi connectivity index (χ0v) is 16.1. The second kappa shape index (κ2) is 9.82. The number of esters is 1. The number of hydrogen-bond donors (Lipinski definition) is 1. The maximum absolute atomic E-state index is 12.3. The average Bonchev–Trinajstić information content (AvgIpc) is 2.68. The van der Waals surface area contributed by atoms with Crippen molar-refractivity contribution in [3.05, 3.63) is 58.1 Å². The number of nitro benzene ring substituents is 1. The second-order valence-corrected chi connectivity index (χ2v) is 6.65. The van der Waals surface area contributed by atoms with E-state index in [0.717, 1.165) is 6.07 Å². The summed E-state index contributed by atoms with van der Waals surface area (Å²) >= 11 is 0.372. The number of nitrogens with one attached hydrogen (secondary N) is 1. The molecule has 1 atom stereocenters. The Kier molecular flexibility index (Phi) is 7.48. The number of rotatable bonds is 8. The van der Waals surface area contributed by atoms with Gasteiger partial charge in [-0.05, 0) is 43.3 Å². The number of amides is 1. The molecule has 0 saturated heterocycles. The van der Waals surface area contributed by atoms with Crippen molar-refractivity contribution in [1.29, 1.82) is 0 Å². The van der Waals surface area contributed by atoms with E-state index in [4.69, 9.17) is 9.47 Å². The highest BCUT2D eigenvalue weighted by molar-refractivity contribution is 7.99. The highest BCUT2D eigenvalue weighted by atomic mass is 32.2. The Bertz CT molecular complexity index is 908. The van der Waals surface area contributed by atoms with E-state index in [1.165, 1.54) is 50.4 Å². The van der Waals surface area contributed by atoms with E-state index >= 15 is 0 Å². The summed E-state index contributed by atoms with van der Waals surface area (Å²) < 4.78 is 34.5. The van der Waals surface area contributed by atoms with Gasteiger partial charge in [0.2, 0.25) is 0 Å². The summed E-state index contributed by atoms with van der Waals surface area (Å²) in [5, 5.41) is 13.5. The van der Waals surface area contributed by atoms with Crippen LogP contribution in [0, 0.1) is 10.1 Å². The number of nitrogens with zero attached hydrogens (tertiary/aromatic N) is 1. The SMILES string of the molecule is COc1ccc(C(=O)O[C@H](C)C(=O)Nc2ccc(SC(F)F)cc2)cc1[N+](=O)[O-]. The summed E-state index contributed by atoms with van der Waals surface area (Å²) in [6, 6.07) is 9.22. The summed E-state index contributed by atoms with van der Waals surface area (Å²) in [6.07, 6.45) is -1.21. The molecule has 0 aliphatic carbocycles. The number of halogens is 2. The summed E-state index contributed by atoms with van der Waals surface area (Å²) in [5.74, 6) is -4.16. The minimum absolute atomic E-state index is 0.0224. The van der Waals surface area contributed by atoms with Gasteiger partial charge in [-0.25, -0.2) is 4.79 Å². The molecule has 1 amide bonds. The number of alkyl halides is 2. The van der Waals surface area contributed by atoms with E-state index in [2.05, 4.69) is 5.32 Å². The first-order valence-corrected chi connectivity index (χ1v) is 8.98. The van der Waals surface area contributed by atoms with Gasteiger partial charge in [0, 0.05) is 16.6 Å². The Balaban J connectivity index is 2.01. The molecule has 0 saturated carbocycles. The number of anilines is 1. The molecule has 0 fully saturated rings. The number of hydrogen-bond acceptors (Lipinski definition) is 7. The van der Waals surface area contributed by atoms with Crippen LogP contribution in [0.15, 0.2) is 47.4 Å². The maximum Gasteiger partial charge on any atom is 0.339 e. The van der Waals surface area contributed by atoms with Crippen molar-refractivity contribution >= 4 is 35.0 Å². The van der Waals surface area contributed by atoms with Crippen LogP contribution in [-0.4, -0.2) is 35.8 Å². The highest BCUT2D eigenvalue weighted by Crippen LogP contribution is 2.28. The van der Waals surface area contributed by atoms with Crippen LogP contribution in [-0.2, 0) is 9.53 Å². The Morgan fingerprint density at radius 1 is 1.17 bits per heavy atom. The lowest BCUT2D eigenvalue weighted by Gasteiger charge is -2.14. The van der Waals surface area contributed by atoms with Gasteiger partial charge in [0.1, 0.15) is 0 Å². The van der Waals surface area contributed by atoms with Crippen molar-refractivity contribution in [2.24, 2.45) is 0 Å². The molecule has 0 bridgehead atoms. The van der Waals surface area contributed by atoms with Gasteiger partial charge in [-0.1, -0.05) is 11.8 Å². The van der Waals surface area contributed by atoms with Gasteiger partial charge in [-0.3, -0.25) is 14.9 Å². The van der Waals surface area contributed by atoms with Gasteiger partial charge >= 0.3 is 11.7 Å². The van der Waals surface area contributed by atoms with E-state index in [1.54, 1.807) is 0 Å². The number of methoxy groups -OCH3 is 1. The zero-order chi connectivity index (χ0) is 21.6. The molecule has 0 spiro atoms. The van der Waals surface area contributed by atoms with E-state index in [9.17, 15) is 28.5 Å². The van der Waals surface area contributed by atoms with Crippen LogP contribution < -0.4 is 10.1 Å². The van der Waals surface area contributed by atoms with Crippen molar-refractivity contribution in [2.45, 2.75) is 23.7 Å². The number of benzene rings is 2. The van der Waals surface area contributed by atoms with Gasteiger partial charge in [-0.15, -0.1) is 0 Å². The first-order valence-electron chi connectivity index (χ1n) is 8.10. The molecule has 0 unspecified atom stereocenters. The smallest absolute Gasteiger partial charge is 0.339 e. The summed E-state index contributed by atoms with van der Waals surface area (Å²) in [6.45, 7) is 1.33. The van der Waals surface area contributed by atoms with Crippen LogP contribution in [0.2, 0.25) is 0 Å². The average molecular weight is 426 g/mol. The summed E-state index contributed by atoms with van der Waals surface area (Å²) in [4.78, 5) is 35.0. The van der Waals surface area contributed by atoms with Crippen LogP contribution >= 0.6 is 11.8 Å². The first kappa shape index (κ1) is 22.1. The van der Waals surface area contributed by atoms with E-state index in [0.29, 0.717) is 22.3 Å². The van der Waals surface area contributed by atoms with Crippen molar-refractivity contribution < 1.29 is 32.8 Å². The minimum atomic E-state index is -2.55. The van der Waals surface area contributed by atoms with Crippen molar-refractivity contribution in [3.8, 4) is 5.75 Å². The molecule has 2 aromatic rings. The zero-order valence-electron chi connectivity index (χ0n) is 15.3. The third-order valence-electron chi connectivity index (χ3n) is 3.61. The lowest BCUT2D eigenvalue weighted by molar-refractivity contribution is -0.385. The van der Waals surface area contributed by atoms with Crippen LogP contribution in [0.4, 0.5) is 20.2 Å². The molecule has 0 aliphatic heterocycles. The minimum Gasteiger partial charge on any atom is -0.490 e. The lowest BCUT2D eigenvalue weighted by Crippen LogP contribution is -2.30. The molecule has 2 rings (SSSR count). The number of nitro groups is 1. The third kappa shape index (κ3) is 6.14. The van der Waals surface area contributed by atoms with Crippen LogP contribution in [0.5, 0.6) is 5.75 Å². The fraction of sp³-hybridized carbons (Fsp3) is 0.222. The Morgan fingerprint density at radius 3 is 2.38 bits per heavy atom. The molecule has 154 valence electrons. The van der Waals surface area contributed by atoms with Crippen molar-refractivity contribution in [1.82, 2.24) is 0 Å². The van der Waals surface area contributed by atoms with Gasteiger partial charge in [0.15, 0.2) is 11.9 Å². The molecule has 8 nitrogen and oxygen atoms in total. The Labute approximate surface area is 168 Å². The summed E-state index contributed by atoms with van der Waals surface area (Å²) in [7, 11) is 1.26. The molecule has 0 radical (unpaired) electrons. The van der Waals surface area contributed by atoms with Gasteiger partial charge in [-0.2, -0.15) is 8.78 Å². The van der Waals surface area contributed by atoms with Crippen molar-refractivity contribution in [3.63, 3.8) is 0 Å². The number of ether oxygens (including phenoxy) is 2. The van der Waals surface area contributed by atoms with Crippen molar-refractivity contribution in [2.75, 3.05) is 12.4 Å². The van der Waals surface area contributed by atoms with E-state index < -0.39 is 34.3 Å². The monoisotopic (exact) mass is 426 g/mol. The highest BCUT2D eigenvalue weighted by Gasteiger charge is 2.23. The maximum atomic E-state index is 12.3.